The fraction of sp³-hybridized carbons (Fsp3) is 0.200. The molecule has 3 rings (SSSR count). The van der Waals surface area contributed by atoms with Crippen LogP contribution in [0.25, 0.3) is 21.3 Å². The number of fused-ring (bicyclic) bond motifs is 1. The van der Waals surface area contributed by atoms with Crippen molar-refractivity contribution in [2.24, 2.45) is 0 Å². The quantitative estimate of drug-likeness (QED) is 0.699. The minimum absolute atomic E-state index is 0.355. The van der Waals surface area contributed by atoms with E-state index >= 15 is 0 Å². The van der Waals surface area contributed by atoms with Crippen LogP contribution in [0.2, 0.25) is 5.15 Å². The number of sulfonamides is 1. The SMILES string of the molecule is CN(C)c1cc(-c2ccc3nc(NS(C)(=O)=O)sc3c2)cnc1Cl. The van der Waals surface area contributed by atoms with Gasteiger partial charge >= 0.3 is 0 Å². The molecule has 24 heavy (non-hydrogen) atoms. The van der Waals surface area contributed by atoms with Crippen LogP contribution in [0.4, 0.5) is 10.8 Å². The first kappa shape index (κ1) is 16.9. The maximum atomic E-state index is 11.3. The molecule has 2 heterocycles. The predicted octanol–water partition coefficient (Wildman–Crippen LogP) is 3.45. The molecule has 3 aromatic rings. The number of nitrogens with zero attached hydrogens (tertiary/aromatic N) is 3. The van der Waals surface area contributed by atoms with Gasteiger partial charge in [0.1, 0.15) is 0 Å². The van der Waals surface area contributed by atoms with Crippen molar-refractivity contribution in [1.82, 2.24) is 9.97 Å². The summed E-state index contributed by atoms with van der Waals surface area (Å²) in [6.45, 7) is 0. The Morgan fingerprint density at radius 1 is 1.21 bits per heavy atom. The third-order valence-corrected chi connectivity index (χ3v) is 5.22. The second kappa shape index (κ2) is 6.19. The number of pyridine rings is 1. The van der Waals surface area contributed by atoms with E-state index in [-0.39, 0.29) is 0 Å². The molecule has 0 fully saturated rings. The van der Waals surface area contributed by atoms with Gasteiger partial charge in [-0.2, -0.15) is 0 Å². The number of hydrogen-bond donors (Lipinski definition) is 1. The second-order valence-electron chi connectivity index (χ2n) is 5.50. The van der Waals surface area contributed by atoms with Crippen molar-refractivity contribution in [3.8, 4) is 11.1 Å². The van der Waals surface area contributed by atoms with E-state index in [4.69, 9.17) is 11.6 Å². The highest BCUT2D eigenvalue weighted by Crippen LogP contribution is 2.33. The fourth-order valence-corrected chi connectivity index (χ4v) is 4.23. The molecule has 126 valence electrons. The van der Waals surface area contributed by atoms with E-state index in [1.807, 2.05) is 43.3 Å². The van der Waals surface area contributed by atoms with Crippen LogP contribution in [0.1, 0.15) is 0 Å². The van der Waals surface area contributed by atoms with Gasteiger partial charge in [0.2, 0.25) is 10.0 Å². The van der Waals surface area contributed by atoms with Crippen LogP contribution in [0.5, 0.6) is 0 Å². The first-order valence-corrected chi connectivity index (χ1v) is 10.0. The summed E-state index contributed by atoms with van der Waals surface area (Å²) in [6, 6.07) is 7.72. The topological polar surface area (TPSA) is 75.2 Å². The monoisotopic (exact) mass is 382 g/mol. The van der Waals surface area contributed by atoms with Crippen LogP contribution < -0.4 is 9.62 Å². The largest absolute Gasteiger partial charge is 0.375 e. The zero-order valence-corrected chi connectivity index (χ0v) is 15.6. The lowest BCUT2D eigenvalue weighted by Gasteiger charge is -2.14. The minimum Gasteiger partial charge on any atom is -0.375 e. The van der Waals surface area contributed by atoms with Crippen molar-refractivity contribution in [2.75, 3.05) is 30.0 Å². The number of aromatic nitrogens is 2. The van der Waals surface area contributed by atoms with Gasteiger partial charge in [-0.05, 0) is 23.8 Å². The van der Waals surface area contributed by atoms with E-state index in [0.29, 0.717) is 10.3 Å². The Morgan fingerprint density at radius 2 is 1.96 bits per heavy atom. The maximum absolute atomic E-state index is 11.3. The van der Waals surface area contributed by atoms with Crippen LogP contribution in [-0.2, 0) is 10.0 Å². The average Bonchev–Trinajstić information content (AvgIpc) is 2.86. The van der Waals surface area contributed by atoms with Gasteiger partial charge in [-0.3, -0.25) is 4.72 Å². The lowest BCUT2D eigenvalue weighted by atomic mass is 10.1. The van der Waals surface area contributed by atoms with Gasteiger partial charge in [0.15, 0.2) is 10.3 Å². The molecule has 0 unspecified atom stereocenters. The van der Waals surface area contributed by atoms with Gasteiger partial charge in [-0.15, -0.1) is 0 Å². The molecule has 1 N–H and O–H groups in total. The van der Waals surface area contributed by atoms with Gasteiger partial charge in [0.05, 0.1) is 22.2 Å². The summed E-state index contributed by atoms with van der Waals surface area (Å²) in [5.74, 6) is 0. The molecule has 0 aliphatic heterocycles. The Kier molecular flexibility index (Phi) is 4.37. The van der Waals surface area contributed by atoms with Crippen LogP contribution in [0, 0.1) is 0 Å². The van der Waals surface area contributed by atoms with Gasteiger partial charge in [-0.1, -0.05) is 29.0 Å². The molecular formula is C15H15ClN4O2S2. The zero-order valence-electron chi connectivity index (χ0n) is 13.2. The molecule has 0 bridgehead atoms. The lowest BCUT2D eigenvalue weighted by molar-refractivity contribution is 0.607. The highest BCUT2D eigenvalue weighted by molar-refractivity contribution is 7.92. The second-order valence-corrected chi connectivity index (χ2v) is 8.64. The van der Waals surface area contributed by atoms with Crippen molar-refractivity contribution >= 4 is 54.0 Å². The number of thiazole rings is 1. The Labute approximate surface area is 149 Å². The molecule has 0 aliphatic carbocycles. The Balaban J connectivity index is 2.03. The maximum Gasteiger partial charge on any atom is 0.231 e. The smallest absolute Gasteiger partial charge is 0.231 e. The summed E-state index contributed by atoms with van der Waals surface area (Å²) in [5, 5.41) is 0.801. The minimum atomic E-state index is -3.34. The zero-order chi connectivity index (χ0) is 17.5. The molecule has 0 saturated heterocycles. The number of nitrogens with one attached hydrogen (secondary N) is 1. The fourth-order valence-electron chi connectivity index (χ4n) is 2.21. The normalized spacial score (nSPS) is 11.7. The molecule has 6 nitrogen and oxygen atoms in total. The Hall–Kier alpha value is -1.90. The van der Waals surface area contributed by atoms with Crippen molar-refractivity contribution in [1.29, 1.82) is 0 Å². The van der Waals surface area contributed by atoms with E-state index in [2.05, 4.69) is 14.7 Å². The molecule has 0 atom stereocenters. The van der Waals surface area contributed by atoms with Crippen molar-refractivity contribution in [3.05, 3.63) is 35.6 Å². The first-order chi connectivity index (χ1) is 11.2. The van der Waals surface area contributed by atoms with Gasteiger partial charge < -0.3 is 4.90 Å². The van der Waals surface area contributed by atoms with Crippen molar-refractivity contribution < 1.29 is 8.42 Å². The summed E-state index contributed by atoms with van der Waals surface area (Å²) in [6.07, 6.45) is 2.82. The van der Waals surface area contributed by atoms with Gasteiger partial charge in [0.25, 0.3) is 0 Å². The van der Waals surface area contributed by atoms with Crippen molar-refractivity contribution in [3.63, 3.8) is 0 Å². The van der Waals surface area contributed by atoms with E-state index in [1.54, 1.807) is 6.20 Å². The highest BCUT2D eigenvalue weighted by atomic mass is 35.5. The number of rotatable bonds is 4. The third kappa shape index (κ3) is 3.61. The molecule has 0 spiro atoms. The van der Waals surface area contributed by atoms with E-state index < -0.39 is 10.0 Å². The number of benzene rings is 1. The molecule has 2 aromatic heterocycles. The summed E-state index contributed by atoms with van der Waals surface area (Å²) in [5.41, 5.74) is 3.46. The van der Waals surface area contributed by atoms with Gasteiger partial charge in [0, 0.05) is 25.9 Å². The van der Waals surface area contributed by atoms with Crippen molar-refractivity contribution in [2.45, 2.75) is 0 Å². The highest BCUT2D eigenvalue weighted by Gasteiger charge is 2.11. The summed E-state index contributed by atoms with van der Waals surface area (Å²) < 4.78 is 26.0. The van der Waals surface area contributed by atoms with Crippen LogP contribution in [0.15, 0.2) is 30.5 Å². The average molecular weight is 383 g/mol. The predicted molar refractivity (Wildman–Crippen MR) is 101 cm³/mol. The molecule has 1 aromatic carbocycles. The molecular weight excluding hydrogens is 368 g/mol. The van der Waals surface area contributed by atoms with E-state index in [9.17, 15) is 8.42 Å². The molecule has 0 saturated carbocycles. The summed E-state index contributed by atoms with van der Waals surface area (Å²) >= 11 is 7.40. The van der Waals surface area contributed by atoms with Crippen LogP contribution in [0.3, 0.4) is 0 Å². The lowest BCUT2D eigenvalue weighted by Crippen LogP contribution is -2.09. The molecule has 0 radical (unpaired) electrons. The van der Waals surface area contributed by atoms with Crippen LogP contribution in [-0.4, -0.2) is 38.7 Å². The number of anilines is 2. The van der Waals surface area contributed by atoms with Crippen LogP contribution >= 0.6 is 22.9 Å². The molecule has 0 amide bonds. The molecule has 9 heteroatoms. The standard InChI is InChI=1S/C15H15ClN4O2S2/c1-20(2)12-6-10(8-17-14(12)16)9-4-5-11-13(7-9)23-15(18-11)19-24(3,21)22/h4-8H,1-3H3,(H,18,19). The van der Waals surface area contributed by atoms with E-state index in [1.165, 1.54) is 11.3 Å². The van der Waals surface area contributed by atoms with E-state index in [0.717, 1.165) is 33.3 Å². The summed E-state index contributed by atoms with van der Waals surface area (Å²) in [7, 11) is 0.471. The first-order valence-electron chi connectivity index (χ1n) is 6.94. The Bertz CT molecular complexity index is 1020. The van der Waals surface area contributed by atoms with Gasteiger partial charge in [-0.25, -0.2) is 18.4 Å². The Morgan fingerprint density at radius 3 is 2.62 bits per heavy atom. The molecule has 0 aliphatic rings. The summed E-state index contributed by atoms with van der Waals surface area (Å²) in [4.78, 5) is 10.4. The number of hydrogen-bond acceptors (Lipinski definition) is 6. The third-order valence-electron chi connectivity index (χ3n) is 3.30. The number of halogens is 1.